The maximum atomic E-state index is 12.0. The van der Waals surface area contributed by atoms with Crippen molar-refractivity contribution in [3.05, 3.63) is 69.4 Å². The molecule has 0 saturated heterocycles. The van der Waals surface area contributed by atoms with Gasteiger partial charge in [0.1, 0.15) is 6.42 Å². The molecule has 31 heavy (non-hydrogen) atoms. The first-order valence-corrected chi connectivity index (χ1v) is 10.9. The largest absolute Gasteiger partial charge is 0.326 e. The monoisotopic (exact) mass is 464 g/mol. The van der Waals surface area contributed by atoms with Crippen LogP contribution in [0.1, 0.15) is 6.42 Å². The molecule has 0 aliphatic heterocycles. The number of sulfonamides is 2. The van der Waals surface area contributed by atoms with Gasteiger partial charge in [0.2, 0.25) is 11.8 Å². The van der Waals surface area contributed by atoms with Gasteiger partial charge in [-0.2, -0.15) is 0 Å². The lowest BCUT2D eigenvalue weighted by Crippen LogP contribution is -2.21. The maximum absolute atomic E-state index is 12.0. The molecule has 0 aliphatic rings. The summed E-state index contributed by atoms with van der Waals surface area (Å²) in [4.78, 5) is 27.8. The third-order valence-corrected chi connectivity index (χ3v) is 5.79. The lowest BCUT2D eigenvalue weighted by molar-refractivity contribution is -0.123. The molecular weight excluding hydrogens is 452 g/mol. The highest BCUT2D eigenvalue weighted by Gasteiger charge is 2.15. The van der Waals surface area contributed by atoms with Gasteiger partial charge in [-0.3, -0.25) is 9.59 Å². The number of benzene rings is 2. The molecule has 0 saturated carbocycles. The molecule has 16 heteroatoms. The first-order valence-electron chi connectivity index (χ1n) is 8.00. The van der Waals surface area contributed by atoms with Crippen LogP contribution in [0.4, 0.5) is 11.4 Å². The van der Waals surface area contributed by atoms with Crippen LogP contribution >= 0.6 is 0 Å². The molecule has 0 atom stereocenters. The van der Waals surface area contributed by atoms with Gasteiger partial charge in [0.25, 0.3) is 20.0 Å². The third kappa shape index (κ3) is 6.45. The van der Waals surface area contributed by atoms with Crippen LogP contribution in [-0.2, 0) is 29.6 Å². The van der Waals surface area contributed by atoms with Crippen molar-refractivity contribution in [3.63, 3.8) is 0 Å². The summed E-state index contributed by atoms with van der Waals surface area (Å²) in [6.07, 6.45) is -0.586. The van der Waals surface area contributed by atoms with E-state index < -0.39 is 38.3 Å². The number of anilines is 2. The minimum atomic E-state index is -4.15. The molecular formula is C15H12N8O6S2. The molecule has 160 valence electrons. The topological polar surface area (TPSA) is 224 Å². The van der Waals surface area contributed by atoms with E-state index in [0.29, 0.717) is 0 Å². The van der Waals surface area contributed by atoms with Gasteiger partial charge in [0.15, 0.2) is 0 Å². The van der Waals surface area contributed by atoms with Crippen molar-refractivity contribution >= 4 is 43.2 Å². The number of carbonyl (C=O) groups is 2. The van der Waals surface area contributed by atoms with Crippen LogP contribution in [0.15, 0.2) is 67.4 Å². The van der Waals surface area contributed by atoms with E-state index in [1.165, 1.54) is 24.3 Å². The van der Waals surface area contributed by atoms with Crippen molar-refractivity contribution in [3.8, 4) is 0 Å². The van der Waals surface area contributed by atoms with Crippen LogP contribution in [0, 0.1) is 0 Å². The van der Waals surface area contributed by atoms with Crippen LogP contribution in [0.2, 0.25) is 0 Å². The Morgan fingerprint density at radius 2 is 1.03 bits per heavy atom. The van der Waals surface area contributed by atoms with Crippen LogP contribution < -0.4 is 10.6 Å². The Labute approximate surface area is 175 Å². The first-order chi connectivity index (χ1) is 14.6. The molecule has 0 aliphatic carbocycles. The molecule has 0 aromatic heterocycles. The van der Waals surface area contributed by atoms with Crippen molar-refractivity contribution in [1.82, 2.24) is 0 Å². The summed E-state index contributed by atoms with van der Waals surface area (Å²) < 4.78 is 51.7. The zero-order chi connectivity index (χ0) is 23.1. The molecule has 0 radical (unpaired) electrons. The van der Waals surface area contributed by atoms with Gasteiger partial charge >= 0.3 is 0 Å². The third-order valence-electron chi connectivity index (χ3n) is 3.48. The second-order valence-corrected chi connectivity index (χ2v) is 8.78. The van der Waals surface area contributed by atoms with Crippen molar-refractivity contribution in [2.45, 2.75) is 16.2 Å². The van der Waals surface area contributed by atoms with Crippen molar-refractivity contribution in [2.24, 2.45) is 9.04 Å². The molecule has 2 aromatic rings. The number of hydrogen-bond acceptors (Lipinski definition) is 6. The lowest BCUT2D eigenvalue weighted by atomic mass is 10.3. The van der Waals surface area contributed by atoms with Crippen molar-refractivity contribution in [2.75, 3.05) is 10.6 Å². The predicted molar refractivity (Wildman–Crippen MR) is 107 cm³/mol. The number of hydrogen-bond donors (Lipinski definition) is 2. The molecule has 0 spiro atoms. The van der Waals surface area contributed by atoms with Crippen molar-refractivity contribution in [1.29, 1.82) is 0 Å². The van der Waals surface area contributed by atoms with E-state index in [2.05, 4.69) is 29.5 Å². The Bertz CT molecular complexity index is 1210. The highest BCUT2D eigenvalue weighted by Crippen LogP contribution is 2.18. The van der Waals surface area contributed by atoms with Gasteiger partial charge < -0.3 is 10.6 Å². The van der Waals surface area contributed by atoms with E-state index in [4.69, 9.17) is 11.1 Å². The van der Waals surface area contributed by atoms with Gasteiger partial charge in [0.05, 0.1) is 9.79 Å². The molecule has 2 N–H and O–H groups in total. The molecule has 0 unspecified atom stereocenters. The molecule has 0 heterocycles. The highest BCUT2D eigenvalue weighted by atomic mass is 32.2. The van der Waals surface area contributed by atoms with E-state index in [1.807, 2.05) is 0 Å². The van der Waals surface area contributed by atoms with E-state index in [0.717, 1.165) is 24.3 Å². The van der Waals surface area contributed by atoms with E-state index in [9.17, 15) is 26.4 Å². The summed E-state index contributed by atoms with van der Waals surface area (Å²) in [5.41, 5.74) is 16.9. The van der Waals surface area contributed by atoms with Crippen molar-refractivity contribution < 1.29 is 26.4 Å². The summed E-state index contributed by atoms with van der Waals surface area (Å²) in [5, 5.41) is 4.78. The Hall–Kier alpha value is -4.10. The number of nitrogens with zero attached hydrogens (tertiary/aromatic N) is 6. The molecule has 2 aromatic carbocycles. The van der Waals surface area contributed by atoms with E-state index in [-0.39, 0.29) is 21.2 Å². The zero-order valence-electron chi connectivity index (χ0n) is 15.3. The standard InChI is InChI=1S/C15H12N8O6S2/c16-20-22-30(26,27)12-5-1-10(2-6-12)18-14(24)9-15(25)19-11-3-7-13(8-4-11)31(28,29)23-21-17/h1-8H,9H2,(H,18,24)(H,19,25). The van der Waals surface area contributed by atoms with E-state index >= 15 is 0 Å². The van der Waals surface area contributed by atoms with Crippen LogP contribution in [0.25, 0.3) is 20.9 Å². The Balaban J connectivity index is 1.96. The van der Waals surface area contributed by atoms with Gasteiger partial charge in [-0.1, -0.05) is 0 Å². The number of azide groups is 2. The SMILES string of the molecule is [N-]=[N+]=NS(=O)(=O)c1ccc(NC(=O)CC(=O)Nc2ccc(S(=O)(=O)N=[N+]=[N-])cc2)cc1. The second kappa shape index (κ2) is 9.60. The molecule has 0 bridgehead atoms. The van der Waals surface area contributed by atoms with Gasteiger partial charge in [-0.15, -0.1) is 0 Å². The number of carbonyl (C=O) groups excluding carboxylic acids is 2. The van der Waals surface area contributed by atoms with Crippen LogP contribution in [-0.4, -0.2) is 28.6 Å². The summed E-state index contributed by atoms with van der Waals surface area (Å²) >= 11 is 0. The minimum Gasteiger partial charge on any atom is -0.326 e. The lowest BCUT2D eigenvalue weighted by Gasteiger charge is -2.08. The highest BCUT2D eigenvalue weighted by molar-refractivity contribution is 7.90. The minimum absolute atomic E-state index is 0.199. The maximum Gasteiger partial charge on any atom is 0.264 e. The Morgan fingerprint density at radius 1 is 0.710 bits per heavy atom. The summed E-state index contributed by atoms with van der Waals surface area (Å²) in [7, 11) is -8.31. The predicted octanol–water partition coefficient (Wildman–Crippen LogP) is 2.65. The Morgan fingerprint density at radius 3 is 1.32 bits per heavy atom. The fourth-order valence-electron chi connectivity index (χ4n) is 2.17. The van der Waals surface area contributed by atoms with E-state index in [1.54, 1.807) is 0 Å². The Kier molecular flexibility index (Phi) is 7.18. The average molecular weight is 464 g/mol. The fraction of sp³-hybridized carbons (Fsp3) is 0.0667. The van der Waals surface area contributed by atoms with Gasteiger partial charge in [0, 0.05) is 30.2 Å². The summed E-state index contributed by atoms with van der Waals surface area (Å²) in [6.45, 7) is 0. The fourth-order valence-corrected chi connectivity index (χ4v) is 3.51. The number of amides is 2. The number of rotatable bonds is 8. The summed E-state index contributed by atoms with van der Waals surface area (Å²) in [5.74, 6) is -1.41. The molecule has 2 amide bonds. The van der Waals surface area contributed by atoms with Gasteiger partial charge in [-0.05, 0) is 59.6 Å². The average Bonchev–Trinajstić information content (AvgIpc) is 2.68. The zero-order valence-corrected chi connectivity index (χ0v) is 16.9. The normalized spacial score (nSPS) is 10.8. The quantitative estimate of drug-likeness (QED) is 0.258. The molecule has 0 fully saturated rings. The molecule has 14 nitrogen and oxygen atoms in total. The number of nitrogens with one attached hydrogen (secondary N) is 2. The molecule has 2 rings (SSSR count). The smallest absolute Gasteiger partial charge is 0.264 e. The second-order valence-electron chi connectivity index (χ2n) is 5.61. The first kappa shape index (κ1) is 23.2. The van der Waals surface area contributed by atoms with Crippen LogP contribution in [0.3, 0.4) is 0 Å². The van der Waals surface area contributed by atoms with Gasteiger partial charge in [-0.25, -0.2) is 16.8 Å². The van der Waals surface area contributed by atoms with Crippen LogP contribution in [0.5, 0.6) is 0 Å². The summed E-state index contributed by atoms with van der Waals surface area (Å²) in [6, 6.07) is 9.46.